The van der Waals surface area contributed by atoms with Gasteiger partial charge in [0.15, 0.2) is 5.75 Å². The van der Waals surface area contributed by atoms with Crippen molar-refractivity contribution in [2.45, 2.75) is 13.3 Å². The molecular formula is C10H6F3NO3. The normalized spacial score (nSPS) is 10.8. The molecule has 0 amide bonds. The van der Waals surface area contributed by atoms with Crippen LogP contribution in [0.15, 0.2) is 12.1 Å². The van der Waals surface area contributed by atoms with Gasteiger partial charge in [0.05, 0.1) is 11.1 Å². The summed E-state index contributed by atoms with van der Waals surface area (Å²) < 4.78 is 39.9. The van der Waals surface area contributed by atoms with Crippen LogP contribution >= 0.6 is 0 Å². The number of ether oxygens (including phenoxy) is 1. The first-order valence-electron chi connectivity index (χ1n) is 4.29. The first-order chi connectivity index (χ1) is 7.76. The van der Waals surface area contributed by atoms with Gasteiger partial charge in [0.1, 0.15) is 6.07 Å². The van der Waals surface area contributed by atoms with Gasteiger partial charge in [0, 0.05) is 5.56 Å². The topological polar surface area (TPSA) is 70.3 Å². The van der Waals surface area contributed by atoms with Crippen LogP contribution in [0.1, 0.15) is 21.5 Å². The zero-order valence-corrected chi connectivity index (χ0v) is 8.50. The van der Waals surface area contributed by atoms with E-state index in [1.807, 2.05) is 0 Å². The highest BCUT2D eigenvalue weighted by atomic mass is 19.4. The summed E-state index contributed by atoms with van der Waals surface area (Å²) >= 11 is 0. The van der Waals surface area contributed by atoms with Crippen LogP contribution in [0.25, 0.3) is 0 Å². The van der Waals surface area contributed by atoms with Gasteiger partial charge < -0.3 is 9.84 Å². The highest BCUT2D eigenvalue weighted by molar-refractivity contribution is 5.90. The van der Waals surface area contributed by atoms with Gasteiger partial charge in [-0.15, -0.1) is 13.2 Å². The van der Waals surface area contributed by atoms with E-state index in [9.17, 15) is 18.0 Å². The molecule has 0 bridgehead atoms. The van der Waals surface area contributed by atoms with Crippen LogP contribution in [-0.4, -0.2) is 17.4 Å². The van der Waals surface area contributed by atoms with Crippen LogP contribution in [0.3, 0.4) is 0 Å². The summed E-state index contributed by atoms with van der Waals surface area (Å²) in [6.07, 6.45) is -4.98. The van der Waals surface area contributed by atoms with Crippen molar-refractivity contribution in [3.05, 3.63) is 28.8 Å². The van der Waals surface area contributed by atoms with Crippen molar-refractivity contribution in [3.63, 3.8) is 0 Å². The van der Waals surface area contributed by atoms with E-state index < -0.39 is 18.1 Å². The number of hydrogen-bond acceptors (Lipinski definition) is 3. The second-order valence-electron chi connectivity index (χ2n) is 3.08. The second-order valence-corrected chi connectivity index (χ2v) is 3.08. The lowest BCUT2D eigenvalue weighted by molar-refractivity contribution is -0.275. The highest BCUT2D eigenvalue weighted by Gasteiger charge is 2.33. The molecule has 0 fully saturated rings. The number of benzene rings is 1. The van der Waals surface area contributed by atoms with Crippen LogP contribution in [-0.2, 0) is 0 Å². The minimum absolute atomic E-state index is 0.242. The summed E-state index contributed by atoms with van der Waals surface area (Å²) in [6.45, 7) is 1.14. The van der Waals surface area contributed by atoms with Crippen molar-refractivity contribution in [3.8, 4) is 11.8 Å². The molecule has 1 aromatic carbocycles. The Morgan fingerprint density at radius 2 is 2.06 bits per heavy atom. The van der Waals surface area contributed by atoms with Crippen LogP contribution < -0.4 is 4.74 Å². The SMILES string of the molecule is Cc1c(C(=O)O)ccc(C#N)c1OC(F)(F)F. The van der Waals surface area contributed by atoms with Crippen molar-refractivity contribution < 1.29 is 27.8 Å². The Kier molecular flexibility index (Phi) is 3.27. The fourth-order valence-electron chi connectivity index (χ4n) is 1.26. The van der Waals surface area contributed by atoms with Gasteiger partial charge in [0.25, 0.3) is 0 Å². The van der Waals surface area contributed by atoms with Gasteiger partial charge in [0.2, 0.25) is 0 Å². The Hall–Kier alpha value is -2.23. The number of alkyl halides is 3. The molecule has 0 aliphatic heterocycles. The third kappa shape index (κ3) is 2.87. The van der Waals surface area contributed by atoms with Crippen LogP contribution in [0, 0.1) is 18.3 Å². The van der Waals surface area contributed by atoms with Crippen molar-refractivity contribution in [2.75, 3.05) is 0 Å². The first-order valence-corrected chi connectivity index (χ1v) is 4.29. The molecule has 0 atom stereocenters. The molecule has 1 N–H and O–H groups in total. The predicted molar refractivity (Wildman–Crippen MR) is 49.5 cm³/mol. The summed E-state index contributed by atoms with van der Waals surface area (Å²) in [5, 5.41) is 17.4. The molecule has 17 heavy (non-hydrogen) atoms. The molecule has 0 spiro atoms. The number of hydrogen-bond donors (Lipinski definition) is 1. The van der Waals surface area contributed by atoms with Crippen LogP contribution in [0.4, 0.5) is 13.2 Å². The smallest absolute Gasteiger partial charge is 0.478 e. The van der Waals surface area contributed by atoms with Crippen LogP contribution in [0.5, 0.6) is 5.75 Å². The Labute approximate surface area is 93.8 Å². The van der Waals surface area contributed by atoms with E-state index in [0.29, 0.717) is 0 Å². The molecule has 90 valence electrons. The fraction of sp³-hybridized carbons (Fsp3) is 0.200. The van der Waals surface area contributed by atoms with Gasteiger partial charge in [-0.05, 0) is 19.1 Å². The van der Waals surface area contributed by atoms with Crippen molar-refractivity contribution in [1.29, 1.82) is 5.26 Å². The molecule has 0 aliphatic rings. The molecule has 0 radical (unpaired) electrons. The number of halogens is 3. The Morgan fingerprint density at radius 3 is 2.47 bits per heavy atom. The monoisotopic (exact) mass is 245 g/mol. The summed E-state index contributed by atoms with van der Waals surface area (Å²) in [4.78, 5) is 10.7. The van der Waals surface area contributed by atoms with Gasteiger partial charge in [-0.2, -0.15) is 5.26 Å². The van der Waals surface area contributed by atoms with Gasteiger partial charge in [-0.3, -0.25) is 0 Å². The van der Waals surface area contributed by atoms with Crippen molar-refractivity contribution >= 4 is 5.97 Å². The third-order valence-corrected chi connectivity index (χ3v) is 1.97. The maximum atomic E-state index is 12.1. The molecule has 0 saturated carbocycles. The molecule has 0 unspecified atom stereocenters. The van der Waals surface area contributed by atoms with Gasteiger partial charge in [-0.25, -0.2) is 4.79 Å². The largest absolute Gasteiger partial charge is 0.573 e. The molecule has 0 saturated heterocycles. The second kappa shape index (κ2) is 4.33. The molecule has 0 heterocycles. The van der Waals surface area contributed by atoms with E-state index in [4.69, 9.17) is 10.4 Å². The lowest BCUT2D eigenvalue weighted by atomic mass is 10.0. The first kappa shape index (κ1) is 12.8. The predicted octanol–water partition coefficient (Wildman–Crippen LogP) is 2.46. The fourth-order valence-corrected chi connectivity index (χ4v) is 1.26. The van der Waals surface area contributed by atoms with E-state index in [2.05, 4.69) is 4.74 Å². The third-order valence-electron chi connectivity index (χ3n) is 1.97. The number of carboxylic acid groups (broad SMARTS) is 1. The number of rotatable bonds is 2. The average Bonchev–Trinajstić information content (AvgIpc) is 2.18. The zero-order valence-electron chi connectivity index (χ0n) is 8.50. The number of nitriles is 1. The number of nitrogens with zero attached hydrogens (tertiary/aromatic N) is 1. The summed E-state index contributed by atoms with van der Waals surface area (Å²) in [6, 6.07) is 3.53. The zero-order chi connectivity index (χ0) is 13.2. The van der Waals surface area contributed by atoms with Crippen molar-refractivity contribution in [2.24, 2.45) is 0 Å². The molecule has 1 aromatic rings. The molecular weight excluding hydrogens is 239 g/mol. The Bertz CT molecular complexity index is 503. The summed E-state index contributed by atoms with van der Waals surface area (Å²) in [7, 11) is 0. The molecule has 0 aliphatic carbocycles. The molecule has 7 heteroatoms. The van der Waals surface area contributed by atoms with Gasteiger partial charge in [-0.1, -0.05) is 0 Å². The lowest BCUT2D eigenvalue weighted by Crippen LogP contribution is -2.19. The van der Waals surface area contributed by atoms with E-state index in [-0.39, 0.29) is 16.7 Å². The molecule has 0 aromatic heterocycles. The van der Waals surface area contributed by atoms with Gasteiger partial charge >= 0.3 is 12.3 Å². The highest BCUT2D eigenvalue weighted by Crippen LogP contribution is 2.31. The standard InChI is InChI=1S/C10H6F3NO3/c1-5-7(9(15)16)3-2-6(4-14)8(5)17-10(11,12)13/h2-3H,1H3,(H,15,16). The van der Waals surface area contributed by atoms with E-state index in [0.717, 1.165) is 19.1 Å². The summed E-state index contributed by atoms with van der Waals surface area (Å²) in [5.74, 6) is -2.17. The van der Waals surface area contributed by atoms with E-state index in [1.165, 1.54) is 6.07 Å². The molecule has 1 rings (SSSR count). The summed E-state index contributed by atoms with van der Waals surface area (Å²) in [5.41, 5.74) is -0.957. The van der Waals surface area contributed by atoms with Crippen LogP contribution in [0.2, 0.25) is 0 Å². The van der Waals surface area contributed by atoms with E-state index in [1.54, 1.807) is 0 Å². The number of carboxylic acids is 1. The molecule has 4 nitrogen and oxygen atoms in total. The average molecular weight is 245 g/mol. The Morgan fingerprint density at radius 1 is 1.47 bits per heavy atom. The lowest BCUT2D eigenvalue weighted by Gasteiger charge is -2.14. The van der Waals surface area contributed by atoms with E-state index >= 15 is 0 Å². The minimum atomic E-state index is -4.98. The van der Waals surface area contributed by atoms with Crippen molar-refractivity contribution in [1.82, 2.24) is 0 Å². The Balaban J connectivity index is 3.39. The number of aromatic carboxylic acids is 1. The number of carbonyl (C=O) groups is 1. The maximum Gasteiger partial charge on any atom is 0.573 e. The quantitative estimate of drug-likeness (QED) is 0.868. The minimum Gasteiger partial charge on any atom is -0.478 e. The maximum absolute atomic E-state index is 12.1.